The van der Waals surface area contributed by atoms with Crippen molar-refractivity contribution in [1.82, 2.24) is 19.4 Å². The van der Waals surface area contributed by atoms with Gasteiger partial charge >= 0.3 is 0 Å². The third kappa shape index (κ3) is 3.25. The van der Waals surface area contributed by atoms with Crippen molar-refractivity contribution in [3.05, 3.63) is 61.7 Å². The van der Waals surface area contributed by atoms with E-state index in [9.17, 15) is 14.4 Å². The molecule has 3 rings (SSSR count). The van der Waals surface area contributed by atoms with E-state index >= 15 is 0 Å². The molecule has 1 unspecified atom stereocenters. The highest BCUT2D eigenvalue weighted by molar-refractivity contribution is 5.94. The topological polar surface area (TPSA) is 97.3 Å². The minimum absolute atomic E-state index is 0.0987. The smallest absolute Gasteiger partial charge is 0.263 e. The van der Waals surface area contributed by atoms with Crippen LogP contribution in [-0.4, -0.2) is 45.1 Å². The van der Waals surface area contributed by atoms with E-state index in [0.717, 1.165) is 5.69 Å². The van der Waals surface area contributed by atoms with Crippen molar-refractivity contribution in [2.75, 3.05) is 19.8 Å². The number of aromatic amines is 1. The number of pyridine rings is 1. The Morgan fingerprint density at radius 1 is 1.32 bits per heavy atom. The molecule has 25 heavy (non-hydrogen) atoms. The van der Waals surface area contributed by atoms with Crippen LogP contribution in [0.5, 0.6) is 0 Å². The van der Waals surface area contributed by atoms with Gasteiger partial charge in [0.25, 0.3) is 17.0 Å². The van der Waals surface area contributed by atoms with Crippen LogP contribution in [0.3, 0.4) is 0 Å². The van der Waals surface area contributed by atoms with E-state index in [2.05, 4.69) is 9.97 Å². The predicted octanol–water partition coefficient (Wildman–Crippen LogP) is 0.299. The lowest BCUT2D eigenvalue weighted by molar-refractivity contribution is -0.00413. The maximum Gasteiger partial charge on any atom is 0.263 e. The largest absolute Gasteiger partial charge is 0.377 e. The Bertz CT molecular complexity index is 931. The Balaban J connectivity index is 2.01. The molecule has 8 nitrogen and oxygen atoms in total. The quantitative estimate of drug-likeness (QED) is 0.845. The molecule has 2 aromatic heterocycles. The van der Waals surface area contributed by atoms with Crippen molar-refractivity contribution >= 4 is 5.91 Å². The zero-order valence-corrected chi connectivity index (χ0v) is 14.4. The minimum Gasteiger partial charge on any atom is -0.377 e. The summed E-state index contributed by atoms with van der Waals surface area (Å²) in [6.45, 7) is 4.41. The van der Waals surface area contributed by atoms with E-state index in [1.165, 1.54) is 10.6 Å². The first kappa shape index (κ1) is 17.1. The van der Waals surface area contributed by atoms with E-state index in [-0.39, 0.29) is 29.2 Å². The molecule has 0 aliphatic carbocycles. The molecule has 8 heteroatoms. The van der Waals surface area contributed by atoms with Gasteiger partial charge in [0.05, 0.1) is 24.9 Å². The van der Waals surface area contributed by atoms with Crippen LogP contribution >= 0.6 is 0 Å². The first-order valence-corrected chi connectivity index (χ1v) is 8.01. The Hall–Kier alpha value is -2.74. The number of rotatable bonds is 2. The third-order valence-electron chi connectivity index (χ3n) is 4.40. The average molecular weight is 344 g/mol. The number of carbonyl (C=O) groups is 1. The fourth-order valence-corrected chi connectivity index (χ4v) is 2.91. The van der Waals surface area contributed by atoms with Crippen molar-refractivity contribution in [2.24, 2.45) is 7.05 Å². The molecule has 0 radical (unpaired) electrons. The van der Waals surface area contributed by atoms with Crippen LogP contribution < -0.4 is 11.1 Å². The first-order valence-electron chi connectivity index (χ1n) is 8.01. The van der Waals surface area contributed by atoms with Gasteiger partial charge in [0.15, 0.2) is 0 Å². The summed E-state index contributed by atoms with van der Waals surface area (Å²) in [5, 5.41) is 0. The molecule has 0 bridgehead atoms. The van der Waals surface area contributed by atoms with Crippen molar-refractivity contribution in [2.45, 2.75) is 19.9 Å². The fourth-order valence-electron chi connectivity index (χ4n) is 2.91. The summed E-state index contributed by atoms with van der Waals surface area (Å²) in [5.74, 6) is 0.0837. The summed E-state index contributed by atoms with van der Waals surface area (Å²) in [6, 6.07) is 4.14. The Kier molecular flexibility index (Phi) is 4.54. The van der Waals surface area contributed by atoms with Gasteiger partial charge < -0.3 is 19.2 Å². The number of amides is 1. The highest BCUT2D eigenvalue weighted by Gasteiger charge is 2.32. The SMILES string of the molecule is Cc1nc(C2COCCN2C(=O)c2ccc(C)n(C)c2=O)cc(=O)[nH]1. The van der Waals surface area contributed by atoms with Gasteiger partial charge in [-0.3, -0.25) is 14.4 Å². The van der Waals surface area contributed by atoms with Gasteiger partial charge in [-0.2, -0.15) is 0 Å². The molecular weight excluding hydrogens is 324 g/mol. The number of aryl methyl sites for hydroxylation is 2. The summed E-state index contributed by atoms with van der Waals surface area (Å²) in [5.41, 5.74) is 0.698. The molecule has 1 aliphatic rings. The molecule has 0 spiro atoms. The van der Waals surface area contributed by atoms with E-state index in [0.29, 0.717) is 24.7 Å². The maximum atomic E-state index is 13.0. The molecular formula is C17H20N4O4. The minimum atomic E-state index is -0.506. The van der Waals surface area contributed by atoms with E-state index in [1.54, 1.807) is 37.9 Å². The number of morpholine rings is 1. The van der Waals surface area contributed by atoms with Gasteiger partial charge in [-0.05, 0) is 26.0 Å². The average Bonchev–Trinajstić information content (AvgIpc) is 2.58. The molecule has 1 aliphatic heterocycles. The molecule has 1 saturated heterocycles. The second kappa shape index (κ2) is 6.64. The second-order valence-corrected chi connectivity index (χ2v) is 6.10. The van der Waals surface area contributed by atoms with Crippen LogP contribution in [0.25, 0.3) is 0 Å². The summed E-state index contributed by atoms with van der Waals surface area (Å²) >= 11 is 0. The number of ether oxygens (including phenoxy) is 1. The second-order valence-electron chi connectivity index (χ2n) is 6.10. The van der Waals surface area contributed by atoms with Crippen LogP contribution in [0.2, 0.25) is 0 Å². The summed E-state index contributed by atoms with van der Waals surface area (Å²) in [7, 11) is 1.63. The van der Waals surface area contributed by atoms with E-state index < -0.39 is 6.04 Å². The van der Waals surface area contributed by atoms with Crippen LogP contribution in [-0.2, 0) is 11.8 Å². The molecule has 1 N–H and O–H groups in total. The van der Waals surface area contributed by atoms with Gasteiger partial charge in [-0.1, -0.05) is 0 Å². The molecule has 1 fully saturated rings. The zero-order valence-electron chi connectivity index (χ0n) is 14.4. The fraction of sp³-hybridized carbons (Fsp3) is 0.412. The Labute approximate surface area is 144 Å². The molecule has 0 aromatic carbocycles. The molecule has 3 heterocycles. The van der Waals surface area contributed by atoms with Gasteiger partial charge in [0, 0.05) is 25.4 Å². The van der Waals surface area contributed by atoms with Gasteiger partial charge in [-0.15, -0.1) is 0 Å². The standard InChI is InChI=1S/C17H20N4O4/c1-10-4-5-12(16(23)20(10)3)17(24)21-6-7-25-9-14(21)13-8-15(22)19-11(2)18-13/h4-5,8,14H,6-7,9H2,1-3H3,(H,18,19,22). The molecule has 132 valence electrons. The molecule has 2 aromatic rings. The summed E-state index contributed by atoms with van der Waals surface area (Å²) < 4.78 is 6.92. The number of nitrogens with one attached hydrogen (secondary N) is 1. The number of nitrogens with zero attached hydrogens (tertiary/aromatic N) is 3. The highest BCUT2D eigenvalue weighted by atomic mass is 16.5. The van der Waals surface area contributed by atoms with E-state index in [1.807, 2.05) is 0 Å². The number of hydrogen-bond donors (Lipinski definition) is 1. The Morgan fingerprint density at radius 3 is 2.80 bits per heavy atom. The number of hydrogen-bond acceptors (Lipinski definition) is 5. The summed E-state index contributed by atoms with van der Waals surface area (Å²) in [4.78, 5) is 45.6. The zero-order chi connectivity index (χ0) is 18.1. The molecule has 1 amide bonds. The summed E-state index contributed by atoms with van der Waals surface area (Å²) in [6.07, 6.45) is 0. The Morgan fingerprint density at radius 2 is 2.08 bits per heavy atom. The van der Waals surface area contributed by atoms with E-state index in [4.69, 9.17) is 4.74 Å². The van der Waals surface area contributed by atoms with Crippen LogP contribution in [0.15, 0.2) is 27.8 Å². The van der Waals surface area contributed by atoms with Gasteiger partial charge in [0.1, 0.15) is 11.4 Å². The lowest BCUT2D eigenvalue weighted by Gasteiger charge is -2.35. The number of aromatic nitrogens is 3. The lowest BCUT2D eigenvalue weighted by Crippen LogP contribution is -2.46. The molecule has 1 atom stereocenters. The maximum absolute atomic E-state index is 13.0. The van der Waals surface area contributed by atoms with Crippen LogP contribution in [0, 0.1) is 13.8 Å². The van der Waals surface area contributed by atoms with Gasteiger partial charge in [-0.25, -0.2) is 4.98 Å². The number of H-pyrrole nitrogens is 1. The number of carbonyl (C=O) groups excluding carboxylic acids is 1. The lowest BCUT2D eigenvalue weighted by atomic mass is 10.1. The van der Waals surface area contributed by atoms with Crippen molar-refractivity contribution in [3.8, 4) is 0 Å². The highest BCUT2D eigenvalue weighted by Crippen LogP contribution is 2.23. The van der Waals surface area contributed by atoms with Crippen LogP contribution in [0.1, 0.15) is 33.6 Å². The monoisotopic (exact) mass is 344 g/mol. The first-order chi connectivity index (χ1) is 11.9. The van der Waals surface area contributed by atoms with Crippen LogP contribution in [0.4, 0.5) is 0 Å². The third-order valence-corrected chi connectivity index (χ3v) is 4.40. The van der Waals surface area contributed by atoms with Crippen molar-refractivity contribution in [3.63, 3.8) is 0 Å². The van der Waals surface area contributed by atoms with Gasteiger partial charge in [0.2, 0.25) is 0 Å². The molecule has 0 saturated carbocycles. The predicted molar refractivity (Wildman–Crippen MR) is 90.6 cm³/mol. The normalized spacial score (nSPS) is 17.6. The van der Waals surface area contributed by atoms with Crippen molar-refractivity contribution < 1.29 is 9.53 Å². The van der Waals surface area contributed by atoms with Crippen molar-refractivity contribution in [1.29, 1.82) is 0 Å².